The van der Waals surface area contributed by atoms with Crippen LogP contribution in [0.15, 0.2) is 64.9 Å². The van der Waals surface area contributed by atoms with Crippen LogP contribution in [0.1, 0.15) is 76.6 Å². The molecule has 0 spiro atoms. The van der Waals surface area contributed by atoms with Crippen molar-refractivity contribution in [1.82, 2.24) is 10.6 Å². The van der Waals surface area contributed by atoms with E-state index in [9.17, 15) is 4.79 Å². The predicted octanol–water partition coefficient (Wildman–Crippen LogP) is 7.40. The molecule has 0 amide bonds. The molecule has 2 aromatic carbocycles. The summed E-state index contributed by atoms with van der Waals surface area (Å²) in [6.07, 6.45) is 2.65. The lowest BCUT2D eigenvalue weighted by atomic mass is 9.89. The number of carbonyl (C=O) groups excluding carboxylic acids is 1. The first kappa shape index (κ1) is 32.9. The van der Waals surface area contributed by atoms with Crippen LogP contribution in [0.3, 0.4) is 0 Å². The molecule has 0 saturated carbocycles. The molecule has 1 atom stereocenters. The number of methoxy groups -OCH3 is 1. The Balaban J connectivity index is 0.000000949. The van der Waals surface area contributed by atoms with Crippen molar-refractivity contribution in [3.63, 3.8) is 0 Å². The molecular weight excluding hydrogens is 520 g/mol. The second-order valence-corrected chi connectivity index (χ2v) is 8.56. The number of aryl methyl sites for hydroxylation is 1. The highest BCUT2D eigenvalue weighted by Crippen LogP contribution is 2.37. The van der Waals surface area contributed by atoms with Gasteiger partial charge in [-0.3, -0.25) is 4.79 Å². The summed E-state index contributed by atoms with van der Waals surface area (Å²) in [6.45, 7) is 15.8. The molecule has 0 radical (unpaired) electrons. The lowest BCUT2D eigenvalue weighted by Gasteiger charge is -2.33. The van der Waals surface area contributed by atoms with E-state index in [0.29, 0.717) is 0 Å². The highest BCUT2D eigenvalue weighted by molar-refractivity contribution is 9.10. The van der Waals surface area contributed by atoms with E-state index in [1.807, 2.05) is 26.8 Å². The van der Waals surface area contributed by atoms with Gasteiger partial charge >= 0.3 is 0 Å². The standard InChI is InChI=1S/C21H23BrN2O.C5H10O.C2H6.CH2O2/c1-5-16-20(15-10-11-19(25-4)18(22)12-15)23-14(3)24-21(16)17-9-7-6-8-13(17)2;1-3-4-5(2)6;1-2;2-1-3/h6-12,20,23-24H,3,5H2,1-2,4H3;3-4H2,1-2H3;1-2H3;1H,(H,2,3). The van der Waals surface area contributed by atoms with Crippen LogP contribution in [0, 0.1) is 6.92 Å². The van der Waals surface area contributed by atoms with Crippen molar-refractivity contribution < 1.29 is 19.4 Å². The fourth-order valence-electron chi connectivity index (χ4n) is 3.65. The van der Waals surface area contributed by atoms with Gasteiger partial charge in [0.05, 0.1) is 23.4 Å². The first-order chi connectivity index (χ1) is 17.2. The molecule has 0 fully saturated rings. The molecular formula is C29H41BrN2O4. The number of hydrogen-bond donors (Lipinski definition) is 3. The summed E-state index contributed by atoms with van der Waals surface area (Å²) in [5.74, 6) is 1.93. The number of ether oxygens (including phenoxy) is 1. The zero-order chi connectivity index (χ0) is 27.7. The van der Waals surface area contributed by atoms with Gasteiger partial charge in [-0.05, 0) is 71.5 Å². The summed E-state index contributed by atoms with van der Waals surface area (Å²) in [6, 6.07) is 14.7. The molecule has 36 heavy (non-hydrogen) atoms. The van der Waals surface area contributed by atoms with Crippen LogP contribution in [0.5, 0.6) is 5.75 Å². The SMILES string of the molecule is C=C1NC(c2ccccc2C)=C(CC)C(c2ccc(OC)c(Br)c2)N1.CC.CCCC(C)=O.O=CO. The van der Waals surface area contributed by atoms with Gasteiger partial charge in [-0.25, -0.2) is 0 Å². The maximum Gasteiger partial charge on any atom is 0.290 e. The Morgan fingerprint density at radius 3 is 2.25 bits per heavy atom. The number of carboxylic acid groups (broad SMARTS) is 1. The van der Waals surface area contributed by atoms with Crippen LogP contribution < -0.4 is 15.4 Å². The molecule has 3 N–H and O–H groups in total. The molecule has 0 bridgehead atoms. The van der Waals surface area contributed by atoms with Crippen molar-refractivity contribution >= 4 is 33.9 Å². The number of halogens is 1. The molecule has 0 saturated heterocycles. The van der Waals surface area contributed by atoms with Gasteiger partial charge in [-0.2, -0.15) is 0 Å². The summed E-state index contributed by atoms with van der Waals surface area (Å²) >= 11 is 3.60. The van der Waals surface area contributed by atoms with Crippen LogP contribution >= 0.6 is 15.9 Å². The quantitative estimate of drug-likeness (QED) is 0.319. The zero-order valence-corrected chi connectivity index (χ0v) is 24.2. The summed E-state index contributed by atoms with van der Waals surface area (Å²) in [5, 5.41) is 13.8. The fourth-order valence-corrected chi connectivity index (χ4v) is 4.20. The molecule has 1 heterocycles. The average molecular weight is 562 g/mol. The van der Waals surface area contributed by atoms with Crippen molar-refractivity contribution in [2.75, 3.05) is 7.11 Å². The normalized spacial score (nSPS) is 13.8. The van der Waals surface area contributed by atoms with Crippen molar-refractivity contribution in [1.29, 1.82) is 0 Å². The van der Waals surface area contributed by atoms with Crippen LogP contribution in [-0.4, -0.2) is 24.5 Å². The minimum Gasteiger partial charge on any atom is -0.496 e. The summed E-state index contributed by atoms with van der Waals surface area (Å²) < 4.78 is 6.31. The molecule has 0 aromatic heterocycles. The van der Waals surface area contributed by atoms with Gasteiger partial charge in [0.2, 0.25) is 0 Å². The fraction of sp³-hybridized carbons (Fsp3) is 0.379. The lowest BCUT2D eigenvalue weighted by Crippen LogP contribution is -2.36. The zero-order valence-electron chi connectivity index (χ0n) is 22.6. The number of carbonyl (C=O) groups is 2. The van der Waals surface area contributed by atoms with E-state index in [-0.39, 0.29) is 18.3 Å². The Labute approximate surface area is 225 Å². The molecule has 0 aliphatic carbocycles. The highest BCUT2D eigenvalue weighted by atomic mass is 79.9. The van der Waals surface area contributed by atoms with Crippen molar-refractivity contribution in [2.45, 2.75) is 66.8 Å². The van der Waals surface area contributed by atoms with Crippen molar-refractivity contribution in [3.8, 4) is 5.75 Å². The van der Waals surface area contributed by atoms with E-state index in [2.05, 4.69) is 83.4 Å². The Kier molecular flexibility index (Phi) is 16.7. The first-order valence-electron chi connectivity index (χ1n) is 12.2. The molecule has 3 rings (SSSR count). The number of Topliss-reactive ketones (excluding diaryl/α,β-unsaturated/α-hetero) is 1. The third kappa shape index (κ3) is 10.3. The van der Waals surface area contributed by atoms with E-state index in [1.165, 1.54) is 22.3 Å². The van der Waals surface area contributed by atoms with E-state index < -0.39 is 0 Å². The Morgan fingerprint density at radius 1 is 1.19 bits per heavy atom. The number of benzene rings is 2. The lowest BCUT2D eigenvalue weighted by molar-refractivity contribution is -0.123. The van der Waals surface area contributed by atoms with Gasteiger partial charge < -0.3 is 25.3 Å². The van der Waals surface area contributed by atoms with Gasteiger partial charge in [-0.15, -0.1) is 0 Å². The number of ketones is 1. The number of rotatable bonds is 6. The Bertz CT molecular complexity index is 1020. The second-order valence-electron chi connectivity index (χ2n) is 7.70. The van der Waals surface area contributed by atoms with E-state index in [1.54, 1.807) is 14.0 Å². The molecule has 198 valence electrons. The van der Waals surface area contributed by atoms with Crippen LogP contribution in [0.2, 0.25) is 0 Å². The van der Waals surface area contributed by atoms with Crippen LogP contribution in [0.25, 0.3) is 5.70 Å². The van der Waals surface area contributed by atoms with Crippen LogP contribution in [-0.2, 0) is 9.59 Å². The molecule has 1 aliphatic rings. The van der Waals surface area contributed by atoms with Crippen molar-refractivity contribution in [3.05, 3.63) is 81.6 Å². The minimum atomic E-state index is -0.250. The maximum absolute atomic E-state index is 10.0. The number of nitrogens with one attached hydrogen (secondary N) is 2. The maximum atomic E-state index is 10.0. The summed E-state index contributed by atoms with van der Waals surface area (Å²) in [5.41, 5.74) is 6.12. The third-order valence-corrected chi connectivity index (χ3v) is 5.79. The molecule has 7 heteroatoms. The first-order valence-corrected chi connectivity index (χ1v) is 12.9. The highest BCUT2D eigenvalue weighted by Gasteiger charge is 2.26. The van der Waals surface area contributed by atoms with E-state index in [4.69, 9.17) is 14.6 Å². The monoisotopic (exact) mass is 560 g/mol. The summed E-state index contributed by atoms with van der Waals surface area (Å²) in [7, 11) is 1.68. The predicted molar refractivity (Wildman–Crippen MR) is 153 cm³/mol. The van der Waals surface area contributed by atoms with Crippen LogP contribution in [0.4, 0.5) is 0 Å². The van der Waals surface area contributed by atoms with Gasteiger partial charge in [0.1, 0.15) is 11.5 Å². The van der Waals surface area contributed by atoms with Gasteiger partial charge in [0, 0.05) is 17.7 Å². The van der Waals surface area contributed by atoms with Gasteiger partial charge in [-0.1, -0.05) is 64.6 Å². The smallest absolute Gasteiger partial charge is 0.290 e. The van der Waals surface area contributed by atoms with Crippen molar-refractivity contribution in [2.24, 2.45) is 0 Å². The molecule has 2 aromatic rings. The number of hydrogen-bond acceptors (Lipinski definition) is 5. The molecule has 6 nitrogen and oxygen atoms in total. The molecule has 1 aliphatic heterocycles. The van der Waals surface area contributed by atoms with Gasteiger partial charge in [0.15, 0.2) is 0 Å². The summed E-state index contributed by atoms with van der Waals surface area (Å²) in [4.78, 5) is 18.4. The Morgan fingerprint density at radius 2 is 1.81 bits per heavy atom. The third-order valence-electron chi connectivity index (χ3n) is 5.17. The largest absolute Gasteiger partial charge is 0.496 e. The van der Waals surface area contributed by atoms with Gasteiger partial charge in [0.25, 0.3) is 6.47 Å². The topological polar surface area (TPSA) is 87.7 Å². The van der Waals surface area contributed by atoms with E-state index in [0.717, 1.165) is 41.0 Å². The second kappa shape index (κ2) is 18.2. The van der Waals surface area contributed by atoms with E-state index >= 15 is 0 Å². The Hall–Kier alpha value is -3.06. The minimum absolute atomic E-state index is 0.0792. The average Bonchev–Trinajstić information content (AvgIpc) is 2.86. The molecule has 1 unspecified atom stereocenters.